The largest absolute Gasteiger partial charge is 0.128 e. The maximum atomic E-state index is 3.66. The Morgan fingerprint density at radius 3 is 2.86 bits per heavy atom. The van der Waals surface area contributed by atoms with Gasteiger partial charge in [-0.1, -0.05) is 13.0 Å². The van der Waals surface area contributed by atoms with Crippen molar-refractivity contribution in [3.63, 3.8) is 0 Å². The Labute approximate surface area is 101 Å². The molecule has 0 saturated heterocycles. The molecule has 0 radical (unpaired) electrons. The summed E-state index contributed by atoms with van der Waals surface area (Å²) in [6.07, 6.45) is 3.23. The zero-order valence-corrected chi connectivity index (χ0v) is 11.4. The van der Waals surface area contributed by atoms with E-state index in [1.807, 2.05) is 11.3 Å². The number of hydrogen-bond donors (Lipinski definition) is 0. The molecule has 3 heteroatoms. The molecule has 0 nitrogen and oxygen atoms in total. The molecule has 0 N–H and O–H groups in total. The lowest BCUT2D eigenvalue weighted by Gasteiger charge is -1.96. The Morgan fingerprint density at radius 2 is 2.21 bits per heavy atom. The second kappa shape index (κ2) is 4.25. The van der Waals surface area contributed by atoms with Gasteiger partial charge in [0.1, 0.15) is 0 Å². The lowest BCUT2D eigenvalue weighted by atomic mass is 10.1. The molecule has 1 aromatic heterocycles. The van der Waals surface area contributed by atoms with Crippen LogP contribution in [-0.4, -0.2) is 6.26 Å². The molecular formula is C11H11BrS2. The Kier molecular flexibility index (Phi) is 3.20. The minimum Gasteiger partial charge on any atom is -0.128 e. The van der Waals surface area contributed by atoms with Gasteiger partial charge in [-0.2, -0.15) is 0 Å². The van der Waals surface area contributed by atoms with Gasteiger partial charge in [0.15, 0.2) is 0 Å². The lowest BCUT2D eigenvalue weighted by Crippen LogP contribution is -1.77. The number of thioether (sulfide) groups is 1. The van der Waals surface area contributed by atoms with Crippen molar-refractivity contribution in [1.29, 1.82) is 0 Å². The number of rotatable bonds is 2. The van der Waals surface area contributed by atoms with Crippen LogP contribution in [0.15, 0.2) is 26.9 Å². The minimum atomic E-state index is 1.10. The first kappa shape index (κ1) is 10.5. The molecule has 74 valence electrons. The fraction of sp³-hybridized carbons (Fsp3) is 0.273. The zero-order valence-electron chi connectivity index (χ0n) is 8.13. The van der Waals surface area contributed by atoms with Crippen LogP contribution in [0.4, 0.5) is 0 Å². The summed E-state index contributed by atoms with van der Waals surface area (Å²) in [6.45, 7) is 2.19. The minimum absolute atomic E-state index is 1.10. The van der Waals surface area contributed by atoms with E-state index in [1.165, 1.54) is 24.3 Å². The molecule has 0 spiro atoms. The number of hydrogen-bond acceptors (Lipinski definition) is 2. The Morgan fingerprint density at radius 1 is 1.43 bits per heavy atom. The second-order valence-electron chi connectivity index (χ2n) is 3.09. The van der Waals surface area contributed by atoms with Crippen LogP contribution in [0.5, 0.6) is 0 Å². The Bertz CT molecular complexity index is 460. The summed E-state index contributed by atoms with van der Waals surface area (Å²) in [7, 11) is 0. The highest BCUT2D eigenvalue weighted by molar-refractivity contribution is 9.10. The van der Waals surface area contributed by atoms with Crippen LogP contribution in [0.2, 0.25) is 0 Å². The highest BCUT2D eigenvalue weighted by atomic mass is 79.9. The fourth-order valence-corrected chi connectivity index (χ4v) is 4.33. The predicted molar refractivity (Wildman–Crippen MR) is 70.7 cm³/mol. The SMILES string of the molecule is CCc1ccc2sc(SC)c(Br)c2c1. The van der Waals surface area contributed by atoms with E-state index in [4.69, 9.17) is 0 Å². The van der Waals surface area contributed by atoms with Gasteiger partial charge < -0.3 is 0 Å². The molecule has 1 aromatic carbocycles. The molecule has 2 rings (SSSR count). The first-order chi connectivity index (χ1) is 6.76. The van der Waals surface area contributed by atoms with Crippen molar-refractivity contribution in [3.8, 4) is 0 Å². The summed E-state index contributed by atoms with van der Waals surface area (Å²) in [5.41, 5.74) is 1.41. The lowest BCUT2D eigenvalue weighted by molar-refractivity contribution is 1.15. The van der Waals surface area contributed by atoms with E-state index in [9.17, 15) is 0 Å². The van der Waals surface area contributed by atoms with Crippen LogP contribution in [0, 0.1) is 0 Å². The van der Waals surface area contributed by atoms with Gasteiger partial charge >= 0.3 is 0 Å². The quantitative estimate of drug-likeness (QED) is 0.704. The van der Waals surface area contributed by atoms with Crippen molar-refractivity contribution >= 4 is 49.1 Å². The van der Waals surface area contributed by atoms with Crippen LogP contribution in [0.25, 0.3) is 10.1 Å². The van der Waals surface area contributed by atoms with Crippen LogP contribution >= 0.6 is 39.0 Å². The van der Waals surface area contributed by atoms with Crippen LogP contribution in [0.1, 0.15) is 12.5 Å². The summed E-state index contributed by atoms with van der Waals surface area (Å²) in [5.74, 6) is 0. The summed E-state index contributed by atoms with van der Waals surface area (Å²) in [5, 5.41) is 1.36. The van der Waals surface area contributed by atoms with E-state index in [2.05, 4.69) is 47.3 Å². The van der Waals surface area contributed by atoms with Crippen molar-refractivity contribution in [2.45, 2.75) is 17.6 Å². The third kappa shape index (κ3) is 1.73. The summed E-state index contributed by atoms with van der Waals surface area (Å²) in [6, 6.07) is 6.73. The van der Waals surface area contributed by atoms with E-state index in [0.717, 1.165) is 6.42 Å². The van der Waals surface area contributed by atoms with Crippen LogP contribution in [0.3, 0.4) is 0 Å². The molecule has 0 amide bonds. The van der Waals surface area contributed by atoms with Crippen LogP contribution in [-0.2, 0) is 6.42 Å². The molecule has 14 heavy (non-hydrogen) atoms. The fourth-order valence-electron chi connectivity index (χ4n) is 1.44. The standard InChI is InChI=1S/C11H11BrS2/c1-3-7-4-5-9-8(6-7)10(12)11(13-2)14-9/h4-6H,3H2,1-2H3. The third-order valence-corrected chi connectivity index (χ3v) is 5.89. The first-order valence-corrected chi connectivity index (χ1v) is 7.34. The van der Waals surface area contributed by atoms with E-state index in [1.54, 1.807) is 11.8 Å². The Hall–Kier alpha value is 0.01000. The van der Waals surface area contributed by atoms with Gasteiger partial charge in [0, 0.05) is 14.6 Å². The normalized spacial score (nSPS) is 11.1. The molecule has 0 bridgehead atoms. The third-order valence-electron chi connectivity index (χ3n) is 2.26. The number of thiophene rings is 1. The first-order valence-electron chi connectivity index (χ1n) is 4.51. The maximum absolute atomic E-state index is 3.66. The smallest absolute Gasteiger partial charge is 0.0751 e. The maximum Gasteiger partial charge on any atom is 0.0751 e. The van der Waals surface area contributed by atoms with E-state index in [-0.39, 0.29) is 0 Å². The highest BCUT2D eigenvalue weighted by Crippen LogP contribution is 2.41. The van der Waals surface area contributed by atoms with Gasteiger partial charge in [-0.3, -0.25) is 0 Å². The topological polar surface area (TPSA) is 0 Å². The zero-order chi connectivity index (χ0) is 10.1. The summed E-state index contributed by atoms with van der Waals surface area (Å²) >= 11 is 7.33. The van der Waals surface area contributed by atoms with E-state index < -0.39 is 0 Å². The predicted octanol–water partition coefficient (Wildman–Crippen LogP) is 4.95. The van der Waals surface area contributed by atoms with Gasteiger partial charge in [0.05, 0.1) is 4.21 Å². The molecule has 0 aliphatic carbocycles. The van der Waals surface area contributed by atoms with Crippen molar-refractivity contribution in [3.05, 3.63) is 28.2 Å². The van der Waals surface area contributed by atoms with Crippen molar-refractivity contribution < 1.29 is 0 Å². The molecule has 1 heterocycles. The highest BCUT2D eigenvalue weighted by Gasteiger charge is 2.08. The molecule has 0 fully saturated rings. The molecule has 0 aliphatic heterocycles. The van der Waals surface area contributed by atoms with Gasteiger partial charge in [0.2, 0.25) is 0 Å². The van der Waals surface area contributed by atoms with Gasteiger partial charge in [-0.15, -0.1) is 23.1 Å². The average Bonchev–Trinajstić information content (AvgIpc) is 2.55. The summed E-state index contributed by atoms with van der Waals surface area (Å²) in [4.78, 5) is 0. The Balaban J connectivity index is 2.68. The van der Waals surface area contributed by atoms with Gasteiger partial charge in [0.25, 0.3) is 0 Å². The summed E-state index contributed by atoms with van der Waals surface area (Å²) < 4.78 is 4.01. The van der Waals surface area contributed by atoms with Crippen LogP contribution < -0.4 is 0 Å². The van der Waals surface area contributed by atoms with Gasteiger partial charge in [-0.25, -0.2) is 0 Å². The number of aryl methyl sites for hydroxylation is 1. The average molecular weight is 287 g/mol. The number of fused-ring (bicyclic) bond motifs is 1. The van der Waals surface area contributed by atoms with E-state index in [0.29, 0.717) is 0 Å². The molecule has 0 aliphatic rings. The molecular weight excluding hydrogens is 276 g/mol. The second-order valence-corrected chi connectivity index (χ2v) is 6.01. The van der Waals surface area contributed by atoms with Crippen molar-refractivity contribution in [1.82, 2.24) is 0 Å². The monoisotopic (exact) mass is 286 g/mol. The molecule has 0 unspecified atom stereocenters. The molecule has 0 saturated carbocycles. The molecule has 0 atom stereocenters. The van der Waals surface area contributed by atoms with Crippen molar-refractivity contribution in [2.24, 2.45) is 0 Å². The van der Waals surface area contributed by atoms with Gasteiger partial charge in [-0.05, 0) is 46.3 Å². The molecule has 2 aromatic rings. The number of halogens is 1. The van der Waals surface area contributed by atoms with E-state index >= 15 is 0 Å². The number of benzene rings is 1. The van der Waals surface area contributed by atoms with Crippen molar-refractivity contribution in [2.75, 3.05) is 6.26 Å².